The van der Waals surface area contributed by atoms with Crippen molar-refractivity contribution >= 4 is 17.7 Å². The minimum atomic E-state index is -0.177. The molecule has 2 rings (SSSR count). The van der Waals surface area contributed by atoms with Gasteiger partial charge in [-0.25, -0.2) is 0 Å². The SMILES string of the molecule is Cc1ccccc1NC(=O)C=Cc1ccc(C#N)cc1. The second kappa shape index (κ2) is 6.35. The molecule has 1 amide bonds. The Hall–Kier alpha value is -2.86. The Bertz CT molecular complexity index is 679. The average Bonchev–Trinajstić information content (AvgIpc) is 2.48. The van der Waals surface area contributed by atoms with Gasteiger partial charge in [0.1, 0.15) is 0 Å². The lowest BCUT2D eigenvalue weighted by Gasteiger charge is -2.05. The van der Waals surface area contributed by atoms with Crippen LogP contribution < -0.4 is 5.32 Å². The van der Waals surface area contributed by atoms with E-state index < -0.39 is 0 Å². The summed E-state index contributed by atoms with van der Waals surface area (Å²) in [5.41, 5.74) is 3.31. The molecule has 0 fully saturated rings. The number of nitrogens with zero attached hydrogens (tertiary/aromatic N) is 1. The van der Waals surface area contributed by atoms with Crippen LogP contribution in [0.3, 0.4) is 0 Å². The van der Waals surface area contributed by atoms with E-state index in [1.54, 1.807) is 30.3 Å². The maximum absolute atomic E-state index is 11.8. The van der Waals surface area contributed by atoms with Gasteiger partial charge in [0.05, 0.1) is 11.6 Å². The third kappa shape index (κ3) is 3.56. The van der Waals surface area contributed by atoms with Crippen molar-refractivity contribution in [1.29, 1.82) is 5.26 Å². The highest BCUT2D eigenvalue weighted by Gasteiger charge is 2.00. The molecule has 2 aromatic carbocycles. The summed E-state index contributed by atoms with van der Waals surface area (Å²) in [5, 5.41) is 11.5. The van der Waals surface area contributed by atoms with E-state index in [0.717, 1.165) is 16.8 Å². The highest BCUT2D eigenvalue weighted by atomic mass is 16.1. The molecule has 2 aromatic rings. The fourth-order valence-corrected chi connectivity index (χ4v) is 1.73. The fraction of sp³-hybridized carbons (Fsp3) is 0.0588. The van der Waals surface area contributed by atoms with Gasteiger partial charge in [0.15, 0.2) is 0 Å². The number of carbonyl (C=O) groups excluding carboxylic acids is 1. The Morgan fingerprint density at radius 1 is 1.15 bits per heavy atom. The van der Waals surface area contributed by atoms with Crippen molar-refractivity contribution in [2.45, 2.75) is 6.92 Å². The number of benzene rings is 2. The molecule has 0 radical (unpaired) electrons. The van der Waals surface area contributed by atoms with Crippen LogP contribution in [-0.2, 0) is 4.79 Å². The molecule has 0 heterocycles. The quantitative estimate of drug-likeness (QED) is 0.860. The zero-order valence-electron chi connectivity index (χ0n) is 11.1. The van der Waals surface area contributed by atoms with E-state index in [4.69, 9.17) is 5.26 Å². The Morgan fingerprint density at radius 2 is 1.85 bits per heavy atom. The molecule has 0 aliphatic carbocycles. The maximum Gasteiger partial charge on any atom is 0.248 e. The summed E-state index contributed by atoms with van der Waals surface area (Å²) in [6.07, 6.45) is 3.20. The normalized spacial score (nSPS) is 10.2. The molecule has 20 heavy (non-hydrogen) atoms. The molecule has 1 N–H and O–H groups in total. The molecule has 0 atom stereocenters. The zero-order chi connectivity index (χ0) is 14.4. The van der Waals surface area contributed by atoms with Gasteiger partial charge in [0.25, 0.3) is 0 Å². The minimum absolute atomic E-state index is 0.177. The highest BCUT2D eigenvalue weighted by molar-refractivity contribution is 6.02. The van der Waals surface area contributed by atoms with Gasteiger partial charge < -0.3 is 5.32 Å². The van der Waals surface area contributed by atoms with E-state index in [9.17, 15) is 4.79 Å². The first-order valence-corrected chi connectivity index (χ1v) is 6.24. The summed E-state index contributed by atoms with van der Waals surface area (Å²) in [7, 11) is 0. The third-order valence-corrected chi connectivity index (χ3v) is 2.87. The van der Waals surface area contributed by atoms with Gasteiger partial charge in [0.2, 0.25) is 5.91 Å². The topological polar surface area (TPSA) is 52.9 Å². The van der Waals surface area contributed by atoms with Crippen molar-refractivity contribution in [3.05, 3.63) is 71.3 Å². The number of nitriles is 1. The summed E-state index contributed by atoms with van der Waals surface area (Å²) in [4.78, 5) is 11.8. The Labute approximate surface area is 118 Å². The molecule has 0 aliphatic rings. The number of carbonyl (C=O) groups is 1. The van der Waals surface area contributed by atoms with Crippen LogP contribution in [0.4, 0.5) is 5.69 Å². The molecule has 98 valence electrons. The highest BCUT2D eigenvalue weighted by Crippen LogP contribution is 2.13. The first-order chi connectivity index (χ1) is 9.69. The molecule has 0 bridgehead atoms. The van der Waals surface area contributed by atoms with Crippen LogP contribution in [0.5, 0.6) is 0 Å². The Balaban J connectivity index is 2.02. The molecular weight excluding hydrogens is 248 g/mol. The van der Waals surface area contributed by atoms with Crippen LogP contribution in [0.25, 0.3) is 6.08 Å². The van der Waals surface area contributed by atoms with Crippen molar-refractivity contribution in [2.24, 2.45) is 0 Å². The third-order valence-electron chi connectivity index (χ3n) is 2.87. The number of hydrogen-bond donors (Lipinski definition) is 1. The van der Waals surface area contributed by atoms with Crippen LogP contribution in [0.1, 0.15) is 16.7 Å². The Morgan fingerprint density at radius 3 is 2.50 bits per heavy atom. The summed E-state index contributed by atoms with van der Waals surface area (Å²) < 4.78 is 0. The lowest BCUT2D eigenvalue weighted by Crippen LogP contribution is -2.08. The maximum atomic E-state index is 11.8. The van der Waals surface area contributed by atoms with Gasteiger partial charge in [-0.05, 0) is 42.3 Å². The van der Waals surface area contributed by atoms with Crippen LogP contribution in [0, 0.1) is 18.3 Å². The first kappa shape index (κ1) is 13.6. The molecule has 3 nitrogen and oxygen atoms in total. The monoisotopic (exact) mass is 262 g/mol. The van der Waals surface area contributed by atoms with Gasteiger partial charge in [-0.1, -0.05) is 30.3 Å². The van der Waals surface area contributed by atoms with Crippen LogP contribution in [0.2, 0.25) is 0 Å². The van der Waals surface area contributed by atoms with Crippen molar-refractivity contribution < 1.29 is 4.79 Å². The van der Waals surface area contributed by atoms with Crippen LogP contribution in [-0.4, -0.2) is 5.91 Å². The Kier molecular flexibility index (Phi) is 4.31. The van der Waals surface area contributed by atoms with Crippen LogP contribution >= 0.6 is 0 Å². The summed E-state index contributed by atoms with van der Waals surface area (Å²) in [6.45, 7) is 1.94. The number of aryl methyl sites for hydroxylation is 1. The second-order valence-corrected chi connectivity index (χ2v) is 4.37. The second-order valence-electron chi connectivity index (χ2n) is 4.37. The summed E-state index contributed by atoms with van der Waals surface area (Å²) in [5.74, 6) is -0.177. The molecule has 0 aliphatic heterocycles. The van der Waals surface area contributed by atoms with E-state index in [1.165, 1.54) is 6.08 Å². The van der Waals surface area contributed by atoms with E-state index in [1.807, 2.05) is 31.2 Å². The minimum Gasteiger partial charge on any atom is -0.322 e. The van der Waals surface area contributed by atoms with Crippen molar-refractivity contribution in [1.82, 2.24) is 0 Å². The van der Waals surface area contributed by atoms with Crippen molar-refractivity contribution in [2.75, 3.05) is 5.32 Å². The van der Waals surface area contributed by atoms with E-state index in [2.05, 4.69) is 11.4 Å². The predicted octanol–water partition coefficient (Wildman–Crippen LogP) is 3.52. The lowest BCUT2D eigenvalue weighted by atomic mass is 10.1. The van der Waals surface area contributed by atoms with Gasteiger partial charge >= 0.3 is 0 Å². The van der Waals surface area contributed by atoms with Crippen molar-refractivity contribution in [3.8, 4) is 6.07 Å². The summed E-state index contributed by atoms with van der Waals surface area (Å²) >= 11 is 0. The van der Waals surface area contributed by atoms with E-state index >= 15 is 0 Å². The van der Waals surface area contributed by atoms with Gasteiger partial charge in [-0.15, -0.1) is 0 Å². The zero-order valence-corrected chi connectivity index (χ0v) is 11.1. The molecule has 0 spiro atoms. The lowest BCUT2D eigenvalue weighted by molar-refractivity contribution is -0.111. The number of rotatable bonds is 3. The van der Waals surface area contributed by atoms with E-state index in [-0.39, 0.29) is 5.91 Å². The summed E-state index contributed by atoms with van der Waals surface area (Å²) in [6, 6.07) is 16.7. The molecule has 0 saturated heterocycles. The number of amides is 1. The van der Waals surface area contributed by atoms with Gasteiger partial charge in [-0.3, -0.25) is 4.79 Å². The molecule has 0 unspecified atom stereocenters. The first-order valence-electron chi connectivity index (χ1n) is 6.24. The largest absolute Gasteiger partial charge is 0.322 e. The molecule has 3 heteroatoms. The molecular formula is C17H14N2O. The number of anilines is 1. The van der Waals surface area contributed by atoms with Gasteiger partial charge in [0, 0.05) is 11.8 Å². The standard InChI is InChI=1S/C17H14N2O/c1-13-4-2-3-5-16(13)19-17(20)11-10-14-6-8-15(12-18)9-7-14/h2-11H,1H3,(H,19,20). The molecule has 0 aromatic heterocycles. The molecule has 0 saturated carbocycles. The fourth-order valence-electron chi connectivity index (χ4n) is 1.73. The van der Waals surface area contributed by atoms with Gasteiger partial charge in [-0.2, -0.15) is 5.26 Å². The smallest absolute Gasteiger partial charge is 0.248 e. The number of hydrogen-bond acceptors (Lipinski definition) is 2. The van der Waals surface area contributed by atoms with Crippen LogP contribution in [0.15, 0.2) is 54.6 Å². The van der Waals surface area contributed by atoms with E-state index in [0.29, 0.717) is 5.56 Å². The predicted molar refractivity (Wildman–Crippen MR) is 80.0 cm³/mol. The van der Waals surface area contributed by atoms with Crippen molar-refractivity contribution in [3.63, 3.8) is 0 Å². The number of nitrogens with one attached hydrogen (secondary N) is 1. The number of para-hydroxylation sites is 1. The average molecular weight is 262 g/mol.